The molecule has 1 atom stereocenters. The van der Waals surface area contributed by atoms with Gasteiger partial charge < -0.3 is 15.0 Å². The fourth-order valence-corrected chi connectivity index (χ4v) is 3.56. The van der Waals surface area contributed by atoms with Crippen molar-refractivity contribution in [3.8, 4) is 11.4 Å². The molecule has 0 radical (unpaired) electrons. The molecule has 8 nitrogen and oxygen atoms in total. The molecule has 1 unspecified atom stereocenters. The van der Waals surface area contributed by atoms with Crippen LogP contribution in [0.15, 0.2) is 54.9 Å². The summed E-state index contributed by atoms with van der Waals surface area (Å²) in [5.41, 5.74) is 2.75. The highest BCUT2D eigenvalue weighted by Crippen LogP contribution is 2.24. The Morgan fingerprint density at radius 1 is 1.25 bits per heavy atom. The molecule has 4 rings (SSSR count). The third-order valence-electron chi connectivity index (χ3n) is 4.98. The Balaban J connectivity index is 1.40. The summed E-state index contributed by atoms with van der Waals surface area (Å²) in [5, 5.41) is 14.1. The van der Waals surface area contributed by atoms with E-state index in [-0.39, 0.29) is 12.1 Å². The smallest absolute Gasteiger partial charge is 0.322 e. The van der Waals surface area contributed by atoms with Gasteiger partial charge in [-0.05, 0) is 71.7 Å². The van der Waals surface area contributed by atoms with E-state index in [1.165, 1.54) is 11.9 Å². The highest BCUT2D eigenvalue weighted by molar-refractivity contribution is 5.89. The molecule has 2 heterocycles. The first kappa shape index (κ1) is 18.0. The van der Waals surface area contributed by atoms with Crippen molar-refractivity contribution in [2.24, 2.45) is 0 Å². The molecule has 2 aromatic carbocycles. The van der Waals surface area contributed by atoms with Crippen molar-refractivity contribution >= 4 is 11.7 Å². The maximum Gasteiger partial charge on any atom is 0.322 e. The second-order valence-corrected chi connectivity index (χ2v) is 6.78. The number of tetrazole rings is 1. The Morgan fingerprint density at radius 2 is 2.11 bits per heavy atom. The maximum absolute atomic E-state index is 12.8. The van der Waals surface area contributed by atoms with Crippen LogP contribution in [0, 0.1) is 0 Å². The third-order valence-corrected chi connectivity index (χ3v) is 4.98. The van der Waals surface area contributed by atoms with Crippen LogP contribution in [0.25, 0.3) is 5.69 Å². The van der Waals surface area contributed by atoms with E-state index in [1.807, 2.05) is 47.4 Å². The van der Waals surface area contributed by atoms with Crippen LogP contribution in [0.2, 0.25) is 0 Å². The van der Waals surface area contributed by atoms with Gasteiger partial charge in [0, 0.05) is 18.3 Å². The lowest BCUT2D eigenvalue weighted by Gasteiger charge is -2.25. The SMILES string of the molecule is COc1cccc(CC2CCCN2C(=O)Nc2ccc(-n3cnnn3)cc2)c1. The van der Waals surface area contributed by atoms with Gasteiger partial charge in [0.1, 0.15) is 12.1 Å². The number of likely N-dealkylation sites (tertiary alicyclic amines) is 1. The van der Waals surface area contributed by atoms with Crippen molar-refractivity contribution in [2.45, 2.75) is 25.3 Å². The van der Waals surface area contributed by atoms with E-state index < -0.39 is 0 Å². The lowest BCUT2D eigenvalue weighted by molar-refractivity contribution is 0.206. The number of aromatic nitrogens is 4. The number of nitrogens with zero attached hydrogens (tertiary/aromatic N) is 5. The van der Waals surface area contributed by atoms with Gasteiger partial charge in [-0.3, -0.25) is 0 Å². The topological polar surface area (TPSA) is 85.2 Å². The standard InChI is InChI=1S/C20H22N6O2/c1-28-19-6-2-4-15(13-19)12-18-5-3-11-25(18)20(27)22-16-7-9-17(10-8-16)26-14-21-23-24-26/h2,4,6-10,13-14,18H,3,5,11-12H2,1H3,(H,22,27). The summed E-state index contributed by atoms with van der Waals surface area (Å²) in [6, 6.07) is 15.6. The largest absolute Gasteiger partial charge is 0.497 e. The molecular weight excluding hydrogens is 356 g/mol. The number of urea groups is 1. The summed E-state index contributed by atoms with van der Waals surface area (Å²) >= 11 is 0. The van der Waals surface area contributed by atoms with E-state index >= 15 is 0 Å². The number of hydrogen-bond acceptors (Lipinski definition) is 5. The summed E-state index contributed by atoms with van der Waals surface area (Å²) in [5.74, 6) is 0.842. The molecule has 28 heavy (non-hydrogen) atoms. The van der Waals surface area contributed by atoms with Crippen LogP contribution in [0.3, 0.4) is 0 Å². The van der Waals surface area contributed by atoms with Crippen LogP contribution in [-0.2, 0) is 6.42 Å². The molecule has 2 amide bonds. The van der Waals surface area contributed by atoms with E-state index in [0.29, 0.717) is 0 Å². The van der Waals surface area contributed by atoms with Crippen LogP contribution < -0.4 is 10.1 Å². The number of hydrogen-bond donors (Lipinski definition) is 1. The van der Waals surface area contributed by atoms with Crippen LogP contribution in [-0.4, -0.2) is 50.8 Å². The van der Waals surface area contributed by atoms with E-state index in [9.17, 15) is 4.79 Å². The van der Waals surface area contributed by atoms with Crippen LogP contribution in [0.5, 0.6) is 5.75 Å². The fourth-order valence-electron chi connectivity index (χ4n) is 3.56. The van der Waals surface area contributed by atoms with E-state index in [0.717, 1.165) is 42.9 Å². The number of nitrogens with one attached hydrogen (secondary N) is 1. The number of carbonyl (C=O) groups is 1. The summed E-state index contributed by atoms with van der Waals surface area (Å²) in [4.78, 5) is 14.7. The zero-order valence-corrected chi connectivity index (χ0v) is 15.7. The molecular formula is C20H22N6O2. The van der Waals surface area contributed by atoms with Gasteiger partial charge in [0.2, 0.25) is 0 Å². The summed E-state index contributed by atoms with van der Waals surface area (Å²) in [6.45, 7) is 0.767. The number of amides is 2. The van der Waals surface area contributed by atoms with Gasteiger partial charge >= 0.3 is 6.03 Å². The zero-order chi connectivity index (χ0) is 19.3. The van der Waals surface area contributed by atoms with Crippen molar-refractivity contribution in [3.05, 3.63) is 60.4 Å². The molecule has 3 aromatic rings. The molecule has 144 valence electrons. The number of anilines is 1. The first-order chi connectivity index (χ1) is 13.7. The maximum atomic E-state index is 12.8. The van der Waals surface area contributed by atoms with Crippen LogP contribution in [0.4, 0.5) is 10.5 Å². The summed E-state index contributed by atoms with van der Waals surface area (Å²) < 4.78 is 6.87. The number of ether oxygens (including phenoxy) is 1. The predicted octanol–water partition coefficient (Wildman–Crippen LogP) is 2.91. The quantitative estimate of drug-likeness (QED) is 0.738. The Kier molecular flexibility index (Phi) is 5.18. The molecule has 1 aromatic heterocycles. The van der Waals surface area contributed by atoms with Gasteiger partial charge in [-0.25, -0.2) is 9.48 Å². The molecule has 0 saturated carbocycles. The van der Waals surface area contributed by atoms with Crippen molar-refractivity contribution < 1.29 is 9.53 Å². The van der Waals surface area contributed by atoms with Gasteiger partial charge in [0.15, 0.2) is 0 Å². The highest BCUT2D eigenvalue weighted by Gasteiger charge is 2.29. The second kappa shape index (κ2) is 8.08. The lowest BCUT2D eigenvalue weighted by atomic mass is 10.0. The van der Waals surface area contributed by atoms with Gasteiger partial charge in [0.05, 0.1) is 12.8 Å². The Morgan fingerprint density at radius 3 is 2.86 bits per heavy atom. The third kappa shape index (κ3) is 3.95. The van der Waals surface area contributed by atoms with Gasteiger partial charge in [-0.1, -0.05) is 12.1 Å². The minimum atomic E-state index is -0.0689. The highest BCUT2D eigenvalue weighted by atomic mass is 16.5. The average molecular weight is 378 g/mol. The lowest BCUT2D eigenvalue weighted by Crippen LogP contribution is -2.39. The predicted molar refractivity (Wildman–Crippen MR) is 105 cm³/mol. The molecule has 1 aliphatic heterocycles. The molecule has 0 spiro atoms. The van der Waals surface area contributed by atoms with Gasteiger partial charge in [-0.15, -0.1) is 5.10 Å². The monoisotopic (exact) mass is 378 g/mol. The first-order valence-electron chi connectivity index (χ1n) is 9.27. The van der Waals surface area contributed by atoms with E-state index in [2.05, 4.69) is 26.9 Å². The second-order valence-electron chi connectivity index (χ2n) is 6.78. The minimum Gasteiger partial charge on any atom is -0.497 e. The Hall–Kier alpha value is -3.42. The fraction of sp³-hybridized carbons (Fsp3) is 0.300. The Bertz CT molecular complexity index is 926. The zero-order valence-electron chi connectivity index (χ0n) is 15.7. The summed E-state index contributed by atoms with van der Waals surface area (Å²) in [6.07, 6.45) is 4.37. The summed E-state index contributed by atoms with van der Waals surface area (Å²) in [7, 11) is 1.67. The van der Waals surface area contributed by atoms with Crippen molar-refractivity contribution in [1.29, 1.82) is 0 Å². The molecule has 0 bridgehead atoms. The molecule has 1 saturated heterocycles. The van der Waals surface area contributed by atoms with Crippen LogP contribution >= 0.6 is 0 Å². The minimum absolute atomic E-state index is 0.0689. The van der Waals surface area contributed by atoms with Gasteiger partial charge in [0.25, 0.3) is 0 Å². The van der Waals surface area contributed by atoms with Crippen LogP contribution in [0.1, 0.15) is 18.4 Å². The molecule has 0 aliphatic carbocycles. The molecule has 1 N–H and O–H groups in total. The first-order valence-corrected chi connectivity index (χ1v) is 9.27. The average Bonchev–Trinajstić information content (AvgIpc) is 3.41. The number of carbonyl (C=O) groups excluding carboxylic acids is 1. The normalized spacial score (nSPS) is 16.2. The van der Waals surface area contributed by atoms with E-state index in [4.69, 9.17) is 4.74 Å². The van der Waals surface area contributed by atoms with E-state index in [1.54, 1.807) is 11.8 Å². The Labute approximate surface area is 163 Å². The molecule has 1 aliphatic rings. The molecule has 1 fully saturated rings. The molecule has 8 heteroatoms. The number of rotatable bonds is 5. The van der Waals surface area contributed by atoms with Crippen molar-refractivity contribution in [3.63, 3.8) is 0 Å². The van der Waals surface area contributed by atoms with Crippen molar-refractivity contribution in [1.82, 2.24) is 25.1 Å². The number of benzene rings is 2. The number of methoxy groups -OCH3 is 1. The van der Waals surface area contributed by atoms with Crippen molar-refractivity contribution in [2.75, 3.05) is 19.0 Å². The van der Waals surface area contributed by atoms with Gasteiger partial charge in [-0.2, -0.15) is 0 Å².